The van der Waals surface area contributed by atoms with Crippen LogP contribution in [0.5, 0.6) is 0 Å². The van der Waals surface area contributed by atoms with E-state index in [1.54, 1.807) is 30.3 Å². The van der Waals surface area contributed by atoms with Crippen LogP contribution in [0.3, 0.4) is 0 Å². The quantitative estimate of drug-likeness (QED) is 0.327. The van der Waals surface area contributed by atoms with Crippen LogP contribution in [0.25, 0.3) is 0 Å². The number of rotatable bonds is 2. The number of aliphatic hydroxyl groups is 3. The Morgan fingerprint density at radius 2 is 1.65 bits per heavy atom. The largest absolute Gasteiger partial charge is 0.388 e. The van der Waals surface area contributed by atoms with Crippen molar-refractivity contribution in [3.8, 4) is 0 Å². The van der Waals surface area contributed by atoms with Crippen LogP contribution in [-0.4, -0.2) is 58.5 Å². The third-order valence-electron chi connectivity index (χ3n) is 3.10. The smallest absolute Gasteiger partial charge is 0.337 e. The minimum Gasteiger partial charge on any atom is -0.388 e. The van der Waals surface area contributed by atoms with E-state index in [4.69, 9.17) is 4.74 Å². The molecule has 0 radical (unpaired) electrons. The predicted octanol–water partition coefficient (Wildman–Crippen LogP) is -1.54. The number of carbonyl (C=O) groups is 2. The molecule has 1 saturated heterocycles. The van der Waals surface area contributed by atoms with Crippen molar-refractivity contribution in [1.82, 2.24) is 16.2 Å². The highest BCUT2D eigenvalue weighted by Crippen LogP contribution is 2.13. The number of hydrogen-bond donors (Lipinski definition) is 7. The third-order valence-corrected chi connectivity index (χ3v) is 3.10. The second-order valence-corrected chi connectivity index (χ2v) is 4.85. The molecule has 1 aliphatic heterocycles. The monoisotopic (exact) mass is 326 g/mol. The minimum atomic E-state index is -1.50. The number of benzene rings is 1. The molecule has 0 saturated carbocycles. The van der Waals surface area contributed by atoms with E-state index in [9.17, 15) is 24.9 Å². The fraction of sp³-hybridized carbons (Fsp3) is 0.385. The number of carbonyl (C=O) groups excluding carboxylic acids is 2. The van der Waals surface area contributed by atoms with Crippen molar-refractivity contribution in [2.75, 3.05) is 11.9 Å². The first-order valence-corrected chi connectivity index (χ1v) is 6.81. The lowest BCUT2D eigenvalue weighted by molar-refractivity contribution is -0.191. The van der Waals surface area contributed by atoms with Gasteiger partial charge in [0.2, 0.25) is 0 Å². The number of hydrazine groups is 1. The van der Waals surface area contributed by atoms with Crippen molar-refractivity contribution in [2.24, 2.45) is 0 Å². The van der Waals surface area contributed by atoms with Crippen LogP contribution in [0.15, 0.2) is 30.3 Å². The summed E-state index contributed by atoms with van der Waals surface area (Å²) in [5.41, 5.74) is 4.68. The molecule has 23 heavy (non-hydrogen) atoms. The molecule has 2 rings (SSSR count). The van der Waals surface area contributed by atoms with Gasteiger partial charge in [0.15, 0.2) is 6.23 Å². The lowest BCUT2D eigenvalue weighted by Gasteiger charge is -2.35. The Morgan fingerprint density at radius 1 is 1.00 bits per heavy atom. The summed E-state index contributed by atoms with van der Waals surface area (Å²) in [4.78, 5) is 23.2. The van der Waals surface area contributed by atoms with Gasteiger partial charge in [-0.15, -0.1) is 0 Å². The number of urea groups is 2. The SMILES string of the molecule is O=C(NNC(=O)NC1OCC(O)C(O)C1O)Nc1ccccc1. The molecule has 4 atom stereocenters. The molecule has 126 valence electrons. The normalized spacial score (nSPS) is 26.9. The van der Waals surface area contributed by atoms with Crippen molar-refractivity contribution in [1.29, 1.82) is 0 Å². The number of nitrogens with one attached hydrogen (secondary N) is 4. The molecule has 10 heteroatoms. The summed E-state index contributed by atoms with van der Waals surface area (Å²) >= 11 is 0. The molecule has 1 fully saturated rings. The van der Waals surface area contributed by atoms with Crippen LogP contribution >= 0.6 is 0 Å². The van der Waals surface area contributed by atoms with Crippen molar-refractivity contribution in [2.45, 2.75) is 24.5 Å². The van der Waals surface area contributed by atoms with Gasteiger partial charge >= 0.3 is 12.1 Å². The van der Waals surface area contributed by atoms with Gasteiger partial charge in [-0.1, -0.05) is 18.2 Å². The molecule has 7 N–H and O–H groups in total. The molecule has 1 aliphatic rings. The zero-order valence-electron chi connectivity index (χ0n) is 12.0. The fourth-order valence-electron chi connectivity index (χ4n) is 1.90. The molecular formula is C13H18N4O6. The highest BCUT2D eigenvalue weighted by atomic mass is 16.5. The van der Waals surface area contributed by atoms with Gasteiger partial charge in [-0.25, -0.2) is 20.4 Å². The standard InChI is InChI=1S/C13H18N4O6/c18-8-6-23-11(10(20)9(8)19)15-13(22)17-16-12(21)14-7-4-2-1-3-5-7/h1-5,8-11,18-20H,6H2,(H2,14,16,21)(H2,15,17,22). The van der Waals surface area contributed by atoms with E-state index in [0.717, 1.165) is 0 Å². The second kappa shape index (κ2) is 7.74. The average molecular weight is 326 g/mol. The molecular weight excluding hydrogens is 308 g/mol. The van der Waals surface area contributed by atoms with Crippen molar-refractivity contribution < 1.29 is 29.6 Å². The number of hydrogen-bond acceptors (Lipinski definition) is 6. The van der Waals surface area contributed by atoms with Gasteiger partial charge in [0, 0.05) is 5.69 Å². The molecule has 1 aromatic rings. The number of aliphatic hydroxyl groups excluding tert-OH is 3. The van der Waals surface area contributed by atoms with Crippen LogP contribution in [0, 0.1) is 0 Å². The summed E-state index contributed by atoms with van der Waals surface area (Å²) in [6.45, 7) is -0.245. The average Bonchev–Trinajstić information content (AvgIpc) is 2.54. The van der Waals surface area contributed by atoms with Gasteiger partial charge in [0.1, 0.15) is 18.3 Å². The van der Waals surface area contributed by atoms with Gasteiger partial charge in [-0.05, 0) is 12.1 Å². The Bertz CT molecular complexity index is 543. The van der Waals surface area contributed by atoms with Crippen molar-refractivity contribution in [3.05, 3.63) is 30.3 Å². The van der Waals surface area contributed by atoms with Crippen molar-refractivity contribution in [3.63, 3.8) is 0 Å². The van der Waals surface area contributed by atoms with Crippen LogP contribution in [0.4, 0.5) is 15.3 Å². The van der Waals surface area contributed by atoms with E-state index in [2.05, 4.69) is 16.1 Å². The lowest BCUT2D eigenvalue weighted by Crippen LogP contribution is -2.61. The van der Waals surface area contributed by atoms with E-state index in [1.165, 1.54) is 0 Å². The summed E-state index contributed by atoms with van der Waals surface area (Å²) in [5, 5.41) is 33.1. The Morgan fingerprint density at radius 3 is 2.35 bits per heavy atom. The molecule has 10 nitrogen and oxygen atoms in total. The molecule has 0 spiro atoms. The van der Waals surface area contributed by atoms with Crippen LogP contribution in [-0.2, 0) is 4.74 Å². The maximum Gasteiger partial charge on any atom is 0.337 e. The first-order valence-electron chi connectivity index (χ1n) is 6.81. The van der Waals surface area contributed by atoms with E-state index in [0.29, 0.717) is 5.69 Å². The first-order chi connectivity index (χ1) is 11.0. The van der Waals surface area contributed by atoms with Gasteiger partial charge in [0.25, 0.3) is 0 Å². The fourth-order valence-corrected chi connectivity index (χ4v) is 1.90. The Kier molecular flexibility index (Phi) is 5.71. The molecule has 0 bridgehead atoms. The number of para-hydroxylation sites is 1. The molecule has 1 aromatic carbocycles. The zero-order valence-corrected chi connectivity index (χ0v) is 12.0. The Hall–Kier alpha value is -2.40. The van der Waals surface area contributed by atoms with E-state index in [-0.39, 0.29) is 6.61 Å². The molecule has 4 unspecified atom stereocenters. The second-order valence-electron chi connectivity index (χ2n) is 4.85. The lowest BCUT2D eigenvalue weighted by atomic mass is 10.0. The highest BCUT2D eigenvalue weighted by molar-refractivity contribution is 5.90. The third kappa shape index (κ3) is 4.79. The van der Waals surface area contributed by atoms with Gasteiger partial charge in [0.05, 0.1) is 6.61 Å². The van der Waals surface area contributed by atoms with E-state index in [1.807, 2.05) is 5.43 Å². The summed E-state index contributed by atoms with van der Waals surface area (Å²) in [5.74, 6) is 0. The maximum atomic E-state index is 11.6. The maximum absolute atomic E-state index is 11.6. The first kappa shape index (κ1) is 17.0. The van der Waals surface area contributed by atoms with Gasteiger partial charge < -0.3 is 30.7 Å². The van der Waals surface area contributed by atoms with Crippen molar-refractivity contribution >= 4 is 17.7 Å². The molecule has 4 amide bonds. The summed E-state index contributed by atoms with van der Waals surface area (Å²) in [6.07, 6.45) is -5.39. The Labute approximate surface area is 131 Å². The van der Waals surface area contributed by atoms with E-state index >= 15 is 0 Å². The van der Waals surface area contributed by atoms with Gasteiger partial charge in [-0.3, -0.25) is 0 Å². The van der Waals surface area contributed by atoms with Gasteiger partial charge in [-0.2, -0.15) is 0 Å². The highest BCUT2D eigenvalue weighted by Gasteiger charge is 2.38. The van der Waals surface area contributed by atoms with Crippen LogP contribution in [0.1, 0.15) is 0 Å². The minimum absolute atomic E-state index is 0.245. The molecule has 0 aromatic heterocycles. The molecule has 0 aliphatic carbocycles. The number of ether oxygens (including phenoxy) is 1. The van der Waals surface area contributed by atoms with Crippen LogP contribution in [0.2, 0.25) is 0 Å². The Balaban J connectivity index is 1.73. The number of amides is 4. The predicted molar refractivity (Wildman–Crippen MR) is 78.0 cm³/mol. The topological polar surface area (TPSA) is 152 Å². The van der Waals surface area contributed by atoms with Crippen LogP contribution < -0.4 is 21.5 Å². The zero-order chi connectivity index (χ0) is 16.8. The summed E-state index contributed by atoms with van der Waals surface area (Å²) < 4.78 is 4.99. The summed E-state index contributed by atoms with van der Waals surface area (Å²) in [6, 6.07) is 7.05. The van der Waals surface area contributed by atoms with E-state index < -0.39 is 36.6 Å². The number of anilines is 1. The summed E-state index contributed by atoms with van der Waals surface area (Å²) in [7, 11) is 0. The molecule has 1 heterocycles.